The third-order valence-electron chi connectivity index (χ3n) is 4.20. The second-order valence-electron chi connectivity index (χ2n) is 5.91. The van der Waals surface area contributed by atoms with E-state index in [-0.39, 0.29) is 10.8 Å². The molecule has 0 aliphatic heterocycles. The molecule has 1 aliphatic rings. The normalized spacial score (nSPS) is 24.8. The monoisotopic (exact) mass is 304 g/mol. The Morgan fingerprint density at radius 2 is 1.94 bits per heavy atom. The Bertz CT molecular complexity index is 426. The minimum absolute atomic E-state index is 0.0495. The molecule has 0 N–H and O–H groups in total. The van der Waals surface area contributed by atoms with E-state index < -0.39 is 0 Å². The largest absolute Gasteiger partial charge is 0.117 e. The van der Waals surface area contributed by atoms with E-state index in [9.17, 15) is 0 Å². The van der Waals surface area contributed by atoms with Crippen LogP contribution in [0.4, 0.5) is 0 Å². The van der Waals surface area contributed by atoms with E-state index in [2.05, 4.69) is 13.8 Å². The number of halogens is 3. The van der Waals surface area contributed by atoms with Gasteiger partial charge in [-0.05, 0) is 47.9 Å². The summed E-state index contributed by atoms with van der Waals surface area (Å²) < 4.78 is 0. The standard InChI is InChI=1S/C15H19Cl3/c1-15(2)8-4-3-5-12(15)14(18)11-9-10(16)6-7-13(11)17/h6-7,9,12,14H,3-5,8H2,1-2H3. The summed E-state index contributed by atoms with van der Waals surface area (Å²) in [4.78, 5) is 0. The van der Waals surface area contributed by atoms with Crippen molar-refractivity contribution in [1.82, 2.24) is 0 Å². The van der Waals surface area contributed by atoms with Gasteiger partial charge < -0.3 is 0 Å². The molecule has 0 heterocycles. The number of hydrogen-bond acceptors (Lipinski definition) is 0. The Hall–Kier alpha value is 0.0900. The molecule has 1 fully saturated rings. The van der Waals surface area contributed by atoms with Crippen molar-refractivity contribution < 1.29 is 0 Å². The molecular formula is C15H19Cl3. The van der Waals surface area contributed by atoms with Gasteiger partial charge in [-0.3, -0.25) is 0 Å². The first-order valence-electron chi connectivity index (χ1n) is 6.51. The van der Waals surface area contributed by atoms with E-state index in [0.29, 0.717) is 10.9 Å². The van der Waals surface area contributed by atoms with Crippen LogP contribution >= 0.6 is 34.8 Å². The molecule has 3 heteroatoms. The molecule has 1 aromatic carbocycles. The van der Waals surface area contributed by atoms with Gasteiger partial charge >= 0.3 is 0 Å². The summed E-state index contributed by atoms with van der Waals surface area (Å²) in [6, 6.07) is 5.56. The van der Waals surface area contributed by atoms with Gasteiger partial charge in [0.05, 0.1) is 5.38 Å². The molecule has 2 unspecified atom stereocenters. The molecule has 0 radical (unpaired) electrons. The Morgan fingerprint density at radius 1 is 1.22 bits per heavy atom. The highest BCUT2D eigenvalue weighted by Gasteiger charge is 2.37. The van der Waals surface area contributed by atoms with E-state index in [1.165, 1.54) is 25.7 Å². The van der Waals surface area contributed by atoms with E-state index in [1.807, 2.05) is 18.2 Å². The van der Waals surface area contributed by atoms with E-state index >= 15 is 0 Å². The molecule has 2 rings (SSSR count). The van der Waals surface area contributed by atoms with Gasteiger partial charge in [0.2, 0.25) is 0 Å². The summed E-state index contributed by atoms with van der Waals surface area (Å²) in [6.45, 7) is 4.62. The quantitative estimate of drug-likeness (QED) is 0.548. The summed E-state index contributed by atoms with van der Waals surface area (Å²) in [6.07, 6.45) is 4.97. The maximum Gasteiger partial charge on any atom is 0.0633 e. The molecule has 1 aliphatic carbocycles. The van der Waals surface area contributed by atoms with Gasteiger partial charge in [0.1, 0.15) is 0 Å². The van der Waals surface area contributed by atoms with Crippen LogP contribution in [0.1, 0.15) is 50.5 Å². The van der Waals surface area contributed by atoms with Gasteiger partial charge in [-0.1, -0.05) is 49.9 Å². The van der Waals surface area contributed by atoms with Gasteiger partial charge in [0, 0.05) is 10.0 Å². The van der Waals surface area contributed by atoms with Crippen molar-refractivity contribution >= 4 is 34.8 Å². The molecule has 0 aromatic heterocycles. The third-order valence-corrected chi connectivity index (χ3v) is 5.32. The molecule has 0 spiro atoms. The second-order valence-corrected chi connectivity index (χ2v) is 7.22. The Balaban J connectivity index is 2.29. The average Bonchev–Trinajstić information content (AvgIpc) is 2.31. The molecule has 1 aromatic rings. The summed E-state index contributed by atoms with van der Waals surface area (Å²) in [5.74, 6) is 0.462. The highest BCUT2D eigenvalue weighted by atomic mass is 35.5. The zero-order valence-corrected chi connectivity index (χ0v) is 13.1. The minimum Gasteiger partial charge on any atom is -0.117 e. The van der Waals surface area contributed by atoms with Gasteiger partial charge in [-0.25, -0.2) is 0 Å². The zero-order chi connectivity index (χ0) is 13.3. The van der Waals surface area contributed by atoms with Crippen LogP contribution in [0.3, 0.4) is 0 Å². The molecule has 0 saturated heterocycles. The number of rotatable bonds is 2. The predicted molar refractivity (Wildman–Crippen MR) is 80.8 cm³/mol. The highest BCUT2D eigenvalue weighted by molar-refractivity contribution is 6.34. The van der Waals surface area contributed by atoms with Gasteiger partial charge in [0.25, 0.3) is 0 Å². The number of benzene rings is 1. The van der Waals surface area contributed by atoms with Crippen LogP contribution < -0.4 is 0 Å². The van der Waals surface area contributed by atoms with Crippen molar-refractivity contribution in [2.75, 3.05) is 0 Å². The van der Waals surface area contributed by atoms with Gasteiger partial charge in [-0.2, -0.15) is 0 Å². The SMILES string of the molecule is CC1(C)CCCCC1C(Cl)c1cc(Cl)ccc1Cl. The lowest BCUT2D eigenvalue weighted by Crippen LogP contribution is -2.31. The summed E-state index contributed by atoms with van der Waals surface area (Å²) in [5, 5.41) is 1.38. The average molecular weight is 306 g/mol. The van der Waals surface area contributed by atoms with E-state index in [1.54, 1.807) is 0 Å². The molecule has 0 nitrogen and oxygen atoms in total. The van der Waals surface area contributed by atoms with Crippen LogP contribution in [0.15, 0.2) is 18.2 Å². The van der Waals surface area contributed by atoms with Crippen LogP contribution in [0.25, 0.3) is 0 Å². The van der Waals surface area contributed by atoms with E-state index in [4.69, 9.17) is 34.8 Å². The highest BCUT2D eigenvalue weighted by Crippen LogP contribution is 2.50. The molecular weight excluding hydrogens is 287 g/mol. The molecule has 0 amide bonds. The summed E-state index contributed by atoms with van der Waals surface area (Å²) in [7, 11) is 0. The third kappa shape index (κ3) is 2.98. The van der Waals surface area contributed by atoms with Crippen LogP contribution in [0, 0.1) is 11.3 Å². The lowest BCUT2D eigenvalue weighted by Gasteiger charge is -2.41. The maximum atomic E-state index is 6.70. The fourth-order valence-electron chi connectivity index (χ4n) is 3.01. The van der Waals surface area contributed by atoms with Crippen LogP contribution in [-0.4, -0.2) is 0 Å². The van der Waals surface area contributed by atoms with Gasteiger partial charge in [0.15, 0.2) is 0 Å². The first-order valence-corrected chi connectivity index (χ1v) is 7.70. The minimum atomic E-state index is -0.0495. The fraction of sp³-hybridized carbons (Fsp3) is 0.600. The van der Waals surface area contributed by atoms with Crippen LogP contribution in [0.2, 0.25) is 10.0 Å². The Morgan fingerprint density at radius 3 is 2.61 bits per heavy atom. The summed E-state index contributed by atoms with van der Waals surface area (Å²) in [5.41, 5.74) is 1.25. The smallest absolute Gasteiger partial charge is 0.0633 e. The molecule has 18 heavy (non-hydrogen) atoms. The Kier molecular flexibility index (Phi) is 4.52. The lowest BCUT2D eigenvalue weighted by atomic mass is 9.66. The molecule has 2 atom stereocenters. The van der Waals surface area contributed by atoms with Crippen molar-refractivity contribution in [3.63, 3.8) is 0 Å². The molecule has 1 saturated carbocycles. The first kappa shape index (κ1) is 14.5. The zero-order valence-electron chi connectivity index (χ0n) is 10.8. The van der Waals surface area contributed by atoms with Crippen molar-refractivity contribution in [1.29, 1.82) is 0 Å². The summed E-state index contributed by atoms with van der Waals surface area (Å²) >= 11 is 19.0. The molecule has 0 bridgehead atoms. The van der Waals surface area contributed by atoms with Crippen LogP contribution in [0.5, 0.6) is 0 Å². The van der Waals surface area contributed by atoms with Crippen LogP contribution in [-0.2, 0) is 0 Å². The van der Waals surface area contributed by atoms with Crippen molar-refractivity contribution in [3.8, 4) is 0 Å². The second kappa shape index (κ2) is 5.61. The lowest BCUT2D eigenvalue weighted by molar-refractivity contribution is 0.133. The van der Waals surface area contributed by atoms with Crippen molar-refractivity contribution in [2.24, 2.45) is 11.3 Å². The predicted octanol–water partition coefficient (Wildman–Crippen LogP) is 6.49. The van der Waals surface area contributed by atoms with E-state index in [0.717, 1.165) is 10.6 Å². The first-order chi connectivity index (χ1) is 8.42. The maximum absolute atomic E-state index is 6.70. The topological polar surface area (TPSA) is 0 Å². The Labute approximate surface area is 125 Å². The number of alkyl halides is 1. The van der Waals surface area contributed by atoms with Crippen molar-refractivity contribution in [2.45, 2.75) is 44.9 Å². The van der Waals surface area contributed by atoms with Gasteiger partial charge in [-0.15, -0.1) is 11.6 Å². The fourth-order valence-corrected chi connectivity index (χ4v) is 4.13. The molecule has 100 valence electrons. The number of hydrogen-bond donors (Lipinski definition) is 0. The van der Waals surface area contributed by atoms with Crippen molar-refractivity contribution in [3.05, 3.63) is 33.8 Å².